The highest BCUT2D eigenvalue weighted by Gasteiger charge is 2.03. The van der Waals surface area contributed by atoms with E-state index in [0.717, 1.165) is 12.2 Å². The Balaban J connectivity index is 2.22. The summed E-state index contributed by atoms with van der Waals surface area (Å²) in [6, 6.07) is 3.76. The van der Waals surface area contributed by atoms with E-state index in [2.05, 4.69) is 17.1 Å². The summed E-state index contributed by atoms with van der Waals surface area (Å²) in [5.41, 5.74) is 6.83. The number of aromatic nitrogens is 4. The van der Waals surface area contributed by atoms with Gasteiger partial charge in [-0.1, -0.05) is 0 Å². The molecule has 0 aromatic carbocycles. The topological polar surface area (TPSA) is 61.7 Å². The second-order valence-electron chi connectivity index (χ2n) is 3.05. The van der Waals surface area contributed by atoms with Crippen LogP contribution in [-0.4, -0.2) is 19.6 Å². The molecular formula is C9H13N5. The van der Waals surface area contributed by atoms with E-state index in [4.69, 9.17) is 5.73 Å². The van der Waals surface area contributed by atoms with Gasteiger partial charge in [0.1, 0.15) is 5.82 Å². The Labute approximate surface area is 82.1 Å². The molecule has 0 saturated carbocycles. The van der Waals surface area contributed by atoms with Gasteiger partial charge in [0, 0.05) is 12.7 Å². The Morgan fingerprint density at radius 1 is 1.21 bits per heavy atom. The third kappa shape index (κ3) is 1.48. The lowest BCUT2D eigenvalue weighted by atomic mass is 10.4. The second kappa shape index (κ2) is 3.53. The molecule has 0 unspecified atom stereocenters. The van der Waals surface area contributed by atoms with Gasteiger partial charge in [-0.05, 0) is 19.1 Å². The third-order valence-corrected chi connectivity index (χ3v) is 2.17. The zero-order valence-corrected chi connectivity index (χ0v) is 8.09. The van der Waals surface area contributed by atoms with Gasteiger partial charge < -0.3 is 5.73 Å². The van der Waals surface area contributed by atoms with Crippen LogP contribution >= 0.6 is 0 Å². The minimum Gasteiger partial charge on any atom is -0.384 e. The summed E-state index contributed by atoms with van der Waals surface area (Å²) in [6.07, 6.45) is 3.49. The van der Waals surface area contributed by atoms with Gasteiger partial charge in [-0.3, -0.25) is 4.68 Å². The van der Waals surface area contributed by atoms with Gasteiger partial charge in [-0.15, -0.1) is 0 Å². The van der Waals surface area contributed by atoms with Crippen LogP contribution in [0.2, 0.25) is 0 Å². The summed E-state index contributed by atoms with van der Waals surface area (Å²) in [7, 11) is 0. The molecule has 0 aliphatic rings. The second-order valence-corrected chi connectivity index (χ2v) is 3.05. The summed E-state index contributed by atoms with van der Waals surface area (Å²) >= 11 is 0. The number of anilines is 1. The lowest BCUT2D eigenvalue weighted by Gasteiger charge is -2.05. The Bertz CT molecular complexity index is 414. The fourth-order valence-corrected chi connectivity index (χ4v) is 1.41. The molecule has 2 N–H and O–H groups in total. The molecule has 74 valence electrons. The minimum absolute atomic E-state index is 0.673. The van der Waals surface area contributed by atoms with Crippen molar-refractivity contribution in [1.29, 1.82) is 0 Å². The quantitative estimate of drug-likeness (QED) is 0.778. The number of nitrogens with two attached hydrogens (primary N) is 1. The molecule has 0 spiro atoms. The molecule has 14 heavy (non-hydrogen) atoms. The number of aryl methyl sites for hydroxylation is 1. The van der Waals surface area contributed by atoms with E-state index in [1.807, 2.05) is 10.7 Å². The largest absolute Gasteiger partial charge is 0.384 e. The molecule has 5 nitrogen and oxygen atoms in total. The first-order valence-corrected chi connectivity index (χ1v) is 4.59. The Morgan fingerprint density at radius 3 is 2.57 bits per heavy atom. The maximum Gasteiger partial charge on any atom is 0.122 e. The van der Waals surface area contributed by atoms with E-state index in [9.17, 15) is 0 Å². The lowest BCUT2D eigenvalue weighted by Crippen LogP contribution is -2.10. The lowest BCUT2D eigenvalue weighted by molar-refractivity contribution is 0.581. The van der Waals surface area contributed by atoms with Crippen molar-refractivity contribution < 1.29 is 0 Å². The molecule has 0 aliphatic heterocycles. The van der Waals surface area contributed by atoms with Crippen molar-refractivity contribution >= 4 is 5.82 Å². The first kappa shape index (κ1) is 8.80. The third-order valence-electron chi connectivity index (χ3n) is 2.17. The highest BCUT2D eigenvalue weighted by molar-refractivity contribution is 5.26. The summed E-state index contributed by atoms with van der Waals surface area (Å²) < 4.78 is 3.68. The predicted octanol–water partition coefficient (Wildman–Crippen LogP) is 0.730. The van der Waals surface area contributed by atoms with Gasteiger partial charge in [-0.25, -0.2) is 4.68 Å². The molecule has 2 aromatic heterocycles. The summed E-state index contributed by atoms with van der Waals surface area (Å²) in [5, 5.41) is 8.30. The fourth-order valence-electron chi connectivity index (χ4n) is 1.41. The molecule has 0 aliphatic carbocycles. The average molecular weight is 191 g/mol. The zero-order valence-electron chi connectivity index (χ0n) is 8.09. The van der Waals surface area contributed by atoms with Crippen molar-refractivity contribution in [3.05, 3.63) is 30.2 Å². The molecule has 0 bridgehead atoms. The SMILES string of the molecule is CCn1nccc1Cn1nccc1N. The van der Waals surface area contributed by atoms with Crippen molar-refractivity contribution in [3.8, 4) is 0 Å². The number of rotatable bonds is 3. The van der Waals surface area contributed by atoms with E-state index in [0.29, 0.717) is 12.4 Å². The molecule has 2 rings (SSSR count). The van der Waals surface area contributed by atoms with E-state index >= 15 is 0 Å². The standard InChI is InChI=1S/C9H13N5/c1-2-13-8(3-5-11-13)7-14-9(10)4-6-12-14/h3-6H,2,7,10H2,1H3. The number of nitrogens with zero attached hydrogens (tertiary/aromatic N) is 4. The van der Waals surface area contributed by atoms with Crippen molar-refractivity contribution in [2.24, 2.45) is 0 Å². The average Bonchev–Trinajstić information content (AvgIpc) is 2.77. The monoisotopic (exact) mass is 191 g/mol. The normalized spacial score (nSPS) is 10.6. The Morgan fingerprint density at radius 2 is 1.93 bits per heavy atom. The minimum atomic E-state index is 0.673. The van der Waals surface area contributed by atoms with E-state index in [-0.39, 0.29) is 0 Å². The Kier molecular flexibility index (Phi) is 2.22. The molecule has 0 radical (unpaired) electrons. The molecule has 2 aromatic rings. The van der Waals surface area contributed by atoms with Crippen molar-refractivity contribution in [2.75, 3.05) is 5.73 Å². The van der Waals surface area contributed by atoms with Gasteiger partial charge >= 0.3 is 0 Å². The fraction of sp³-hybridized carbons (Fsp3) is 0.333. The van der Waals surface area contributed by atoms with Crippen LogP contribution in [0.1, 0.15) is 12.6 Å². The van der Waals surface area contributed by atoms with Gasteiger partial charge in [-0.2, -0.15) is 10.2 Å². The van der Waals surface area contributed by atoms with Gasteiger partial charge in [0.25, 0.3) is 0 Å². The first-order valence-electron chi connectivity index (χ1n) is 4.59. The maximum atomic E-state index is 5.72. The number of hydrogen-bond acceptors (Lipinski definition) is 3. The molecular weight excluding hydrogens is 178 g/mol. The van der Waals surface area contributed by atoms with Gasteiger partial charge in [0.2, 0.25) is 0 Å². The highest BCUT2D eigenvalue weighted by atomic mass is 15.3. The summed E-state index contributed by atoms with van der Waals surface area (Å²) in [6.45, 7) is 3.60. The molecule has 0 amide bonds. The van der Waals surface area contributed by atoms with Gasteiger partial charge in [0.05, 0.1) is 18.4 Å². The zero-order chi connectivity index (χ0) is 9.97. The molecule has 2 heterocycles. The highest BCUT2D eigenvalue weighted by Crippen LogP contribution is 2.06. The predicted molar refractivity (Wildman–Crippen MR) is 53.6 cm³/mol. The van der Waals surface area contributed by atoms with Crippen LogP contribution in [0.25, 0.3) is 0 Å². The van der Waals surface area contributed by atoms with Crippen LogP contribution < -0.4 is 5.73 Å². The molecule has 0 saturated heterocycles. The van der Waals surface area contributed by atoms with Gasteiger partial charge in [0.15, 0.2) is 0 Å². The first-order chi connectivity index (χ1) is 6.81. The summed E-state index contributed by atoms with van der Waals surface area (Å²) in [5.74, 6) is 0.675. The van der Waals surface area contributed by atoms with Crippen LogP contribution in [0.4, 0.5) is 5.82 Å². The Hall–Kier alpha value is -1.78. The van der Waals surface area contributed by atoms with E-state index < -0.39 is 0 Å². The van der Waals surface area contributed by atoms with Crippen LogP contribution in [0.3, 0.4) is 0 Å². The molecule has 5 heteroatoms. The van der Waals surface area contributed by atoms with E-state index in [1.165, 1.54) is 0 Å². The number of hydrogen-bond donors (Lipinski definition) is 1. The van der Waals surface area contributed by atoms with Crippen LogP contribution in [0.5, 0.6) is 0 Å². The molecule has 0 atom stereocenters. The van der Waals surface area contributed by atoms with Crippen LogP contribution in [0, 0.1) is 0 Å². The summed E-state index contributed by atoms with van der Waals surface area (Å²) in [4.78, 5) is 0. The maximum absolute atomic E-state index is 5.72. The number of nitrogen functional groups attached to an aromatic ring is 1. The van der Waals surface area contributed by atoms with Crippen molar-refractivity contribution in [1.82, 2.24) is 19.6 Å². The smallest absolute Gasteiger partial charge is 0.122 e. The molecule has 0 fully saturated rings. The van der Waals surface area contributed by atoms with Crippen LogP contribution in [-0.2, 0) is 13.1 Å². The van der Waals surface area contributed by atoms with E-state index in [1.54, 1.807) is 23.1 Å². The van der Waals surface area contributed by atoms with Crippen molar-refractivity contribution in [3.63, 3.8) is 0 Å². The van der Waals surface area contributed by atoms with Crippen molar-refractivity contribution in [2.45, 2.75) is 20.0 Å². The van der Waals surface area contributed by atoms with Crippen LogP contribution in [0.15, 0.2) is 24.5 Å².